The Balaban J connectivity index is 3.48. The Morgan fingerprint density at radius 1 is 0.694 bits per heavy atom. The Labute approximate surface area is 223 Å². The highest BCUT2D eigenvalue weighted by atomic mass is 16.6. The van der Waals surface area contributed by atoms with E-state index in [2.05, 4.69) is 50.3 Å². The van der Waals surface area contributed by atoms with Gasteiger partial charge in [0.1, 0.15) is 6.10 Å². The lowest BCUT2D eigenvalue weighted by Gasteiger charge is -2.15. The van der Waals surface area contributed by atoms with Gasteiger partial charge in [-0.25, -0.2) is 0 Å². The Kier molecular flexibility index (Phi) is 28.7. The minimum absolute atomic E-state index is 0.176. The summed E-state index contributed by atoms with van der Waals surface area (Å²) in [6.45, 7) is 5.17. The highest BCUT2D eigenvalue weighted by Crippen LogP contribution is 2.11. The molecular weight excluding hydrogens is 448 g/mol. The summed E-state index contributed by atoms with van der Waals surface area (Å²) in [5.41, 5.74) is 0. The number of hydrogen-bond acceptors (Lipinski definition) is 4. The Bertz CT molecular complexity index is 538. The maximum atomic E-state index is 12.0. The van der Waals surface area contributed by atoms with E-state index in [1.165, 1.54) is 70.6 Å². The van der Waals surface area contributed by atoms with Crippen LogP contribution >= 0.6 is 0 Å². The van der Waals surface area contributed by atoms with Gasteiger partial charge in [-0.1, -0.05) is 121 Å². The van der Waals surface area contributed by atoms with E-state index in [4.69, 9.17) is 9.47 Å². The number of hydrogen-bond donors (Lipinski definition) is 1. The standard InChI is InChI=1S/C32H58O4/c1-3-5-7-9-11-13-14-15-16-17-18-19-20-22-24-26-28-35-30-31(29-33)36-32(34)27-25-23-21-12-10-8-6-4-2/h5,7,11,13,15-16,31,33H,3-4,6,8-10,12,14,17-30H2,1-2H3/b7-5-,13-11-,16-15-. The van der Waals surface area contributed by atoms with Crippen LogP contribution in [0.5, 0.6) is 0 Å². The van der Waals surface area contributed by atoms with E-state index in [1.54, 1.807) is 0 Å². The van der Waals surface area contributed by atoms with Crippen molar-refractivity contribution in [2.45, 2.75) is 142 Å². The van der Waals surface area contributed by atoms with Crippen molar-refractivity contribution >= 4 is 5.97 Å². The molecule has 0 aliphatic carbocycles. The van der Waals surface area contributed by atoms with E-state index in [-0.39, 0.29) is 19.2 Å². The summed E-state index contributed by atoms with van der Waals surface area (Å²) in [6, 6.07) is 0. The maximum Gasteiger partial charge on any atom is 0.306 e. The molecule has 36 heavy (non-hydrogen) atoms. The molecule has 0 aliphatic heterocycles. The van der Waals surface area contributed by atoms with Crippen molar-refractivity contribution in [3.8, 4) is 0 Å². The van der Waals surface area contributed by atoms with Gasteiger partial charge in [0, 0.05) is 13.0 Å². The SMILES string of the molecule is CC/C=C\C/C=C\C/C=C\CCCCCCCCOCC(CO)OC(=O)CCCCCCCCCC. The molecule has 1 N–H and O–H groups in total. The van der Waals surface area contributed by atoms with Crippen LogP contribution in [0.1, 0.15) is 136 Å². The lowest BCUT2D eigenvalue weighted by molar-refractivity contribution is -0.154. The van der Waals surface area contributed by atoms with Gasteiger partial charge >= 0.3 is 5.97 Å². The first-order chi connectivity index (χ1) is 17.7. The van der Waals surface area contributed by atoms with Gasteiger partial charge in [-0.3, -0.25) is 4.79 Å². The summed E-state index contributed by atoms with van der Waals surface area (Å²) >= 11 is 0. The average Bonchev–Trinajstić information content (AvgIpc) is 2.88. The van der Waals surface area contributed by atoms with Gasteiger partial charge < -0.3 is 14.6 Å². The van der Waals surface area contributed by atoms with Crippen LogP contribution in [-0.2, 0) is 14.3 Å². The lowest BCUT2D eigenvalue weighted by Crippen LogP contribution is -2.27. The van der Waals surface area contributed by atoms with Gasteiger partial charge in [0.15, 0.2) is 0 Å². The van der Waals surface area contributed by atoms with E-state index in [0.29, 0.717) is 13.0 Å². The molecule has 1 atom stereocenters. The molecule has 0 spiro atoms. The molecule has 210 valence electrons. The van der Waals surface area contributed by atoms with Crippen LogP contribution in [0.25, 0.3) is 0 Å². The average molecular weight is 507 g/mol. The summed E-state index contributed by atoms with van der Waals surface area (Å²) in [6.07, 6.45) is 34.6. The van der Waals surface area contributed by atoms with E-state index in [0.717, 1.165) is 44.9 Å². The fourth-order valence-electron chi connectivity index (χ4n) is 3.99. The zero-order chi connectivity index (χ0) is 26.4. The van der Waals surface area contributed by atoms with Crippen LogP contribution in [0.4, 0.5) is 0 Å². The van der Waals surface area contributed by atoms with Crippen LogP contribution in [-0.4, -0.2) is 37.0 Å². The number of allylic oxidation sites excluding steroid dienone is 6. The van der Waals surface area contributed by atoms with Crippen molar-refractivity contribution < 1.29 is 19.4 Å². The number of rotatable bonds is 27. The smallest absolute Gasteiger partial charge is 0.306 e. The predicted octanol–water partition coefficient (Wildman–Crippen LogP) is 9.03. The number of aliphatic hydroxyl groups is 1. The molecule has 0 amide bonds. The molecule has 0 saturated heterocycles. The molecule has 1 unspecified atom stereocenters. The Morgan fingerprint density at radius 2 is 1.25 bits per heavy atom. The van der Waals surface area contributed by atoms with Crippen LogP contribution < -0.4 is 0 Å². The molecule has 4 nitrogen and oxygen atoms in total. The molecule has 0 fully saturated rings. The van der Waals surface area contributed by atoms with Gasteiger partial charge in [0.2, 0.25) is 0 Å². The minimum atomic E-state index is -0.534. The Hall–Kier alpha value is -1.39. The van der Waals surface area contributed by atoms with Crippen LogP contribution in [0, 0.1) is 0 Å². The summed E-state index contributed by atoms with van der Waals surface area (Å²) in [5, 5.41) is 9.46. The third-order valence-electron chi connectivity index (χ3n) is 6.23. The van der Waals surface area contributed by atoms with Crippen molar-refractivity contribution in [3.63, 3.8) is 0 Å². The first kappa shape index (κ1) is 34.6. The normalized spacial score (nSPS) is 12.9. The van der Waals surface area contributed by atoms with Crippen molar-refractivity contribution in [2.75, 3.05) is 19.8 Å². The highest BCUT2D eigenvalue weighted by molar-refractivity contribution is 5.69. The van der Waals surface area contributed by atoms with Crippen LogP contribution in [0.2, 0.25) is 0 Å². The number of ether oxygens (including phenoxy) is 2. The minimum Gasteiger partial charge on any atom is -0.457 e. The van der Waals surface area contributed by atoms with Crippen molar-refractivity contribution in [1.82, 2.24) is 0 Å². The molecule has 0 aromatic rings. The second kappa shape index (κ2) is 29.8. The zero-order valence-corrected chi connectivity index (χ0v) is 23.8. The molecule has 0 rings (SSSR count). The molecular formula is C32H58O4. The van der Waals surface area contributed by atoms with E-state index >= 15 is 0 Å². The second-order valence-corrected chi connectivity index (χ2v) is 9.80. The number of carbonyl (C=O) groups is 1. The van der Waals surface area contributed by atoms with E-state index < -0.39 is 6.10 Å². The molecule has 0 aliphatic rings. The quantitative estimate of drug-likeness (QED) is 0.0686. The lowest BCUT2D eigenvalue weighted by atomic mass is 10.1. The van der Waals surface area contributed by atoms with Gasteiger partial charge in [-0.15, -0.1) is 0 Å². The molecule has 0 bridgehead atoms. The number of aliphatic hydroxyl groups excluding tert-OH is 1. The Morgan fingerprint density at radius 3 is 1.89 bits per heavy atom. The molecule has 4 heteroatoms. The second-order valence-electron chi connectivity index (χ2n) is 9.80. The summed E-state index contributed by atoms with van der Waals surface area (Å²) in [5.74, 6) is -0.213. The van der Waals surface area contributed by atoms with Crippen LogP contribution in [0.3, 0.4) is 0 Å². The maximum absolute atomic E-state index is 12.0. The highest BCUT2D eigenvalue weighted by Gasteiger charge is 2.13. The van der Waals surface area contributed by atoms with Gasteiger partial charge in [-0.05, 0) is 44.9 Å². The predicted molar refractivity (Wildman–Crippen MR) is 154 cm³/mol. The van der Waals surface area contributed by atoms with Crippen molar-refractivity contribution in [2.24, 2.45) is 0 Å². The monoisotopic (exact) mass is 506 g/mol. The number of carbonyl (C=O) groups excluding carboxylic acids is 1. The zero-order valence-electron chi connectivity index (χ0n) is 23.8. The first-order valence-electron chi connectivity index (χ1n) is 15.1. The van der Waals surface area contributed by atoms with Crippen molar-refractivity contribution in [3.05, 3.63) is 36.5 Å². The molecule has 0 radical (unpaired) electrons. The van der Waals surface area contributed by atoms with Crippen molar-refractivity contribution in [1.29, 1.82) is 0 Å². The van der Waals surface area contributed by atoms with Crippen LogP contribution in [0.15, 0.2) is 36.5 Å². The largest absolute Gasteiger partial charge is 0.457 e. The number of unbranched alkanes of at least 4 members (excludes halogenated alkanes) is 13. The summed E-state index contributed by atoms with van der Waals surface area (Å²) in [4.78, 5) is 12.0. The molecule has 0 heterocycles. The third-order valence-corrected chi connectivity index (χ3v) is 6.23. The topological polar surface area (TPSA) is 55.8 Å². The fourth-order valence-corrected chi connectivity index (χ4v) is 3.99. The molecule has 0 saturated carbocycles. The number of esters is 1. The van der Waals surface area contributed by atoms with E-state index in [9.17, 15) is 9.90 Å². The first-order valence-corrected chi connectivity index (χ1v) is 15.1. The fraction of sp³-hybridized carbons (Fsp3) is 0.781. The van der Waals surface area contributed by atoms with Gasteiger partial charge in [0.05, 0.1) is 13.2 Å². The van der Waals surface area contributed by atoms with Gasteiger partial charge in [-0.2, -0.15) is 0 Å². The summed E-state index contributed by atoms with van der Waals surface area (Å²) in [7, 11) is 0. The third kappa shape index (κ3) is 27.2. The molecule has 0 aromatic carbocycles. The van der Waals surface area contributed by atoms with E-state index in [1.807, 2.05) is 0 Å². The molecule has 0 aromatic heterocycles. The summed E-state index contributed by atoms with van der Waals surface area (Å²) < 4.78 is 11.0. The van der Waals surface area contributed by atoms with Gasteiger partial charge in [0.25, 0.3) is 0 Å².